The van der Waals surface area contributed by atoms with E-state index in [0.29, 0.717) is 16.7 Å². The summed E-state index contributed by atoms with van der Waals surface area (Å²) in [5, 5.41) is 0.410. The number of ether oxygens (including phenoxy) is 2. The van der Waals surface area contributed by atoms with E-state index in [4.69, 9.17) is 9.47 Å². The molecule has 2 saturated heterocycles. The molecule has 3 rings (SSSR count). The van der Waals surface area contributed by atoms with Crippen LogP contribution in [0.3, 0.4) is 0 Å². The Balaban J connectivity index is 2.05. The van der Waals surface area contributed by atoms with Gasteiger partial charge in [-0.3, -0.25) is 4.79 Å². The van der Waals surface area contributed by atoms with E-state index in [1.165, 1.54) is 11.8 Å². The van der Waals surface area contributed by atoms with Gasteiger partial charge in [0, 0.05) is 22.9 Å². The lowest BCUT2D eigenvalue weighted by atomic mass is 10.2. The highest BCUT2D eigenvalue weighted by Gasteiger charge is 2.49. The van der Waals surface area contributed by atoms with Gasteiger partial charge in [0.05, 0.1) is 31.8 Å². The largest absolute Gasteiger partial charge is 0.493 e. The summed E-state index contributed by atoms with van der Waals surface area (Å²) in [5.41, 5.74) is 0.732. The lowest BCUT2D eigenvalue weighted by Crippen LogP contribution is -2.37. The predicted molar refractivity (Wildman–Crippen MR) is 103 cm³/mol. The summed E-state index contributed by atoms with van der Waals surface area (Å²) >= 11 is 1.36. The molecule has 1 amide bonds. The number of carbonyl (C=O) groups excluding carboxylic acids is 1. The van der Waals surface area contributed by atoms with Crippen molar-refractivity contribution < 1.29 is 22.7 Å². The van der Waals surface area contributed by atoms with Gasteiger partial charge in [-0.1, -0.05) is 25.6 Å². The van der Waals surface area contributed by atoms with Crippen molar-refractivity contribution in [2.24, 2.45) is 10.9 Å². The molecule has 0 saturated carbocycles. The smallest absolute Gasteiger partial charge is 0.250 e. The van der Waals surface area contributed by atoms with Crippen LogP contribution in [0.15, 0.2) is 23.2 Å². The summed E-state index contributed by atoms with van der Waals surface area (Å²) in [6.45, 7) is 3.58. The van der Waals surface area contributed by atoms with Crippen LogP contribution >= 0.6 is 11.8 Å². The summed E-state index contributed by atoms with van der Waals surface area (Å²) in [6.07, 6.45) is 0. The standard InChI is InChI=1S/C17H22N2O5S2/c1-10(2)16(20)18-17-19(12-8-26(21,22)9-15(12)25-17)11-5-6-13(23-3)14(7-11)24-4/h5-7,10,12,15H,8-9H2,1-4H3/t12-,15+/m1/s1. The van der Waals surface area contributed by atoms with Gasteiger partial charge in [-0.2, -0.15) is 4.99 Å². The van der Waals surface area contributed by atoms with E-state index in [0.717, 1.165) is 5.69 Å². The minimum Gasteiger partial charge on any atom is -0.493 e. The minimum absolute atomic E-state index is 0.0495. The fraction of sp³-hybridized carbons (Fsp3) is 0.529. The molecule has 2 fully saturated rings. The molecule has 0 N–H and O–H groups in total. The summed E-state index contributed by atoms with van der Waals surface area (Å²) in [7, 11) is -0.00680. The molecule has 2 aliphatic rings. The van der Waals surface area contributed by atoms with Crippen molar-refractivity contribution in [1.29, 1.82) is 0 Å². The Morgan fingerprint density at radius 3 is 2.54 bits per heavy atom. The highest BCUT2D eigenvalue weighted by atomic mass is 32.2. The molecular formula is C17H22N2O5S2. The fourth-order valence-electron chi connectivity index (χ4n) is 3.06. The molecule has 1 aromatic carbocycles. The van der Waals surface area contributed by atoms with Crippen LogP contribution in [0.4, 0.5) is 5.69 Å². The molecule has 0 radical (unpaired) electrons. The first-order valence-electron chi connectivity index (χ1n) is 8.26. The normalized spacial score (nSPS) is 25.6. The molecule has 0 aromatic heterocycles. The summed E-state index contributed by atoms with van der Waals surface area (Å²) < 4.78 is 34.8. The number of fused-ring (bicyclic) bond motifs is 1. The van der Waals surface area contributed by atoms with Gasteiger partial charge in [-0.15, -0.1) is 0 Å². The van der Waals surface area contributed by atoms with E-state index in [1.807, 2.05) is 11.0 Å². The third-order valence-corrected chi connectivity index (χ3v) is 7.62. The molecule has 7 nitrogen and oxygen atoms in total. The maximum atomic E-state index is 12.2. The second-order valence-electron chi connectivity index (χ2n) is 6.60. The topological polar surface area (TPSA) is 85.3 Å². The summed E-state index contributed by atoms with van der Waals surface area (Å²) in [5.74, 6) is 0.819. The van der Waals surface area contributed by atoms with Crippen molar-refractivity contribution in [3.05, 3.63) is 18.2 Å². The van der Waals surface area contributed by atoms with Gasteiger partial charge in [0.2, 0.25) is 0 Å². The number of carbonyl (C=O) groups is 1. The molecule has 142 valence electrons. The molecule has 9 heteroatoms. The number of methoxy groups -OCH3 is 2. The Hall–Kier alpha value is -1.74. The number of rotatable bonds is 4. The monoisotopic (exact) mass is 398 g/mol. The molecule has 2 atom stereocenters. The number of nitrogens with zero attached hydrogens (tertiary/aromatic N) is 2. The van der Waals surface area contributed by atoms with Crippen molar-refractivity contribution >= 4 is 38.4 Å². The molecule has 1 aromatic rings. The zero-order valence-corrected chi connectivity index (χ0v) is 16.8. The van der Waals surface area contributed by atoms with Crippen molar-refractivity contribution in [2.75, 3.05) is 30.6 Å². The molecule has 0 aliphatic carbocycles. The number of amides is 1. The van der Waals surface area contributed by atoms with Gasteiger partial charge < -0.3 is 14.4 Å². The Kier molecular flexibility index (Phi) is 5.21. The van der Waals surface area contributed by atoms with Crippen molar-refractivity contribution in [1.82, 2.24) is 0 Å². The number of aliphatic imine (C=N–C) groups is 1. The molecule has 0 bridgehead atoms. The van der Waals surface area contributed by atoms with Gasteiger partial charge in [-0.05, 0) is 12.1 Å². The maximum Gasteiger partial charge on any atom is 0.250 e. The molecule has 26 heavy (non-hydrogen) atoms. The maximum absolute atomic E-state index is 12.2. The average Bonchev–Trinajstić information content (AvgIpc) is 3.04. The molecule has 0 unspecified atom stereocenters. The van der Waals surface area contributed by atoms with Crippen LogP contribution in [0.5, 0.6) is 11.5 Å². The Bertz CT molecular complexity index is 851. The van der Waals surface area contributed by atoms with E-state index in [9.17, 15) is 13.2 Å². The predicted octanol–water partition coefficient (Wildman–Crippen LogP) is 1.96. The van der Waals surface area contributed by atoms with E-state index < -0.39 is 9.84 Å². The van der Waals surface area contributed by atoms with E-state index in [1.54, 1.807) is 40.2 Å². The zero-order valence-electron chi connectivity index (χ0n) is 15.1. The first-order valence-corrected chi connectivity index (χ1v) is 11.0. The average molecular weight is 399 g/mol. The molecule has 0 spiro atoms. The lowest BCUT2D eigenvalue weighted by molar-refractivity contribution is -0.120. The first kappa shape index (κ1) is 19.0. The first-order chi connectivity index (χ1) is 12.3. The van der Waals surface area contributed by atoms with Crippen molar-refractivity contribution in [3.63, 3.8) is 0 Å². The zero-order chi connectivity index (χ0) is 19.1. The van der Waals surface area contributed by atoms with Gasteiger partial charge in [-0.25, -0.2) is 8.42 Å². The molecule has 2 heterocycles. The number of hydrogen-bond donors (Lipinski definition) is 0. The van der Waals surface area contributed by atoms with E-state index in [-0.39, 0.29) is 34.6 Å². The van der Waals surface area contributed by atoms with Crippen LogP contribution in [-0.2, 0) is 14.6 Å². The van der Waals surface area contributed by atoms with Crippen LogP contribution in [0, 0.1) is 5.92 Å². The number of hydrogen-bond acceptors (Lipinski definition) is 6. The SMILES string of the molecule is COc1ccc(N2C(=NC(=O)C(C)C)S[C@H]3CS(=O)(=O)C[C@H]32)cc1OC. The summed E-state index contributed by atoms with van der Waals surface area (Å²) in [4.78, 5) is 18.3. The van der Waals surface area contributed by atoms with Crippen molar-refractivity contribution in [3.8, 4) is 11.5 Å². The number of anilines is 1. The Morgan fingerprint density at radius 1 is 1.23 bits per heavy atom. The second kappa shape index (κ2) is 7.11. The Morgan fingerprint density at radius 2 is 1.92 bits per heavy atom. The number of sulfone groups is 1. The quantitative estimate of drug-likeness (QED) is 0.766. The Labute approximate surface area is 157 Å². The third-order valence-electron chi connectivity index (χ3n) is 4.41. The van der Waals surface area contributed by atoms with E-state index in [2.05, 4.69) is 4.99 Å². The van der Waals surface area contributed by atoms with Crippen LogP contribution < -0.4 is 14.4 Å². The van der Waals surface area contributed by atoms with Gasteiger partial charge >= 0.3 is 0 Å². The lowest BCUT2D eigenvalue weighted by Gasteiger charge is -2.25. The number of benzene rings is 1. The molecular weight excluding hydrogens is 376 g/mol. The van der Waals surface area contributed by atoms with Gasteiger partial charge in [0.25, 0.3) is 5.91 Å². The number of thioether (sulfide) groups is 1. The van der Waals surface area contributed by atoms with Gasteiger partial charge in [0.15, 0.2) is 26.5 Å². The van der Waals surface area contributed by atoms with Crippen LogP contribution in [-0.4, -0.2) is 56.5 Å². The summed E-state index contributed by atoms with van der Waals surface area (Å²) in [6, 6.07) is 5.12. The third kappa shape index (κ3) is 3.55. The fourth-order valence-corrected chi connectivity index (χ4v) is 6.98. The van der Waals surface area contributed by atoms with E-state index >= 15 is 0 Å². The minimum atomic E-state index is -3.10. The number of amidine groups is 1. The van der Waals surface area contributed by atoms with Crippen LogP contribution in [0.25, 0.3) is 0 Å². The highest BCUT2D eigenvalue weighted by molar-refractivity contribution is 8.16. The van der Waals surface area contributed by atoms with Crippen LogP contribution in [0.1, 0.15) is 13.8 Å². The van der Waals surface area contributed by atoms with Crippen LogP contribution in [0.2, 0.25) is 0 Å². The van der Waals surface area contributed by atoms with Gasteiger partial charge in [0.1, 0.15) is 0 Å². The molecule has 2 aliphatic heterocycles. The second-order valence-corrected chi connectivity index (χ2v) is 9.96. The van der Waals surface area contributed by atoms with Crippen molar-refractivity contribution in [2.45, 2.75) is 25.1 Å². The highest BCUT2D eigenvalue weighted by Crippen LogP contribution is 2.43.